The average molecular weight is 390 g/mol. The van der Waals surface area contributed by atoms with E-state index in [1.807, 2.05) is 23.0 Å². The first kappa shape index (κ1) is 18.2. The Kier molecular flexibility index (Phi) is 4.75. The van der Waals surface area contributed by atoms with Gasteiger partial charge in [-0.15, -0.1) is 0 Å². The van der Waals surface area contributed by atoms with Crippen LogP contribution >= 0.6 is 6.42 Å². The fourth-order valence-electron chi connectivity index (χ4n) is 4.35. The van der Waals surface area contributed by atoms with Crippen molar-refractivity contribution in [2.75, 3.05) is 25.0 Å². The topological polar surface area (TPSA) is 28.1 Å². The number of hydrogen-bond donors (Lipinski definition) is 0. The lowest BCUT2D eigenvalue weighted by molar-refractivity contribution is 0.240. The van der Waals surface area contributed by atoms with Gasteiger partial charge in [-0.25, -0.2) is 4.78 Å². The van der Waals surface area contributed by atoms with Crippen LogP contribution in [0.1, 0.15) is 46.0 Å². The van der Waals surface area contributed by atoms with E-state index in [-0.39, 0.29) is 5.41 Å². The van der Waals surface area contributed by atoms with Crippen molar-refractivity contribution >= 4 is 29.6 Å². The third-order valence-corrected chi connectivity index (χ3v) is 9.41. The minimum absolute atomic E-state index is 0.204. The number of fused-ring (bicyclic) bond motifs is 1. The molecule has 0 amide bonds. The van der Waals surface area contributed by atoms with Crippen LogP contribution in [0, 0.1) is 5.41 Å². The number of rotatable bonds is 3. The van der Waals surface area contributed by atoms with E-state index in [0.29, 0.717) is 0 Å². The first-order valence-electron chi connectivity index (χ1n) is 9.53. The van der Waals surface area contributed by atoms with Crippen molar-refractivity contribution < 1.29 is 4.52 Å². The zero-order valence-electron chi connectivity index (χ0n) is 15.9. The number of benzene rings is 1. The quantitative estimate of drug-likeness (QED) is 0.653. The first-order valence-corrected chi connectivity index (χ1v) is 12.2. The molecule has 4 nitrogen and oxygen atoms in total. The van der Waals surface area contributed by atoms with Crippen LogP contribution in [0.3, 0.4) is 0 Å². The van der Waals surface area contributed by atoms with Crippen molar-refractivity contribution in [1.82, 2.24) is 4.90 Å². The summed E-state index contributed by atoms with van der Waals surface area (Å²) in [5, 5.41) is 6.27. The lowest BCUT2D eigenvalue weighted by Gasteiger charge is -2.41. The Morgan fingerprint density at radius 3 is 2.42 bits per heavy atom. The summed E-state index contributed by atoms with van der Waals surface area (Å²) in [7, 11) is 1.76. The molecule has 0 bridgehead atoms. The van der Waals surface area contributed by atoms with Gasteiger partial charge in [0, 0.05) is 25.9 Å². The van der Waals surface area contributed by atoms with Gasteiger partial charge in [0.25, 0.3) is 0 Å². The van der Waals surface area contributed by atoms with Gasteiger partial charge >= 0.3 is 0 Å². The second-order valence-corrected chi connectivity index (χ2v) is 12.0. The molecule has 140 valence electrons. The minimum Gasteiger partial charge on any atom is -0.374 e. The number of piperidine rings is 1. The molecule has 1 aromatic carbocycles. The number of nitrogens with zero attached hydrogens (tertiary/aromatic N) is 3. The standard InChI is InChI=1S/C20H28N3OPS/c1-20(2)14-17-19(18(15-20)22-12-8-5-9-13-22)25(26,24-3)23(21-17)16-10-6-4-7-11-16/h4,6-7,10-11H,5,8-9,12-15H2,1-3H3/t25-/m1/s1. The van der Waals surface area contributed by atoms with Crippen LogP contribution in [-0.4, -0.2) is 30.8 Å². The summed E-state index contributed by atoms with van der Waals surface area (Å²) in [4.78, 5) is 2.57. The molecule has 1 saturated heterocycles. The molecule has 0 saturated carbocycles. The van der Waals surface area contributed by atoms with Gasteiger partial charge in [-0.3, -0.25) is 0 Å². The maximum atomic E-state index is 6.21. The second kappa shape index (κ2) is 6.78. The van der Waals surface area contributed by atoms with Crippen LogP contribution in [0.4, 0.5) is 5.69 Å². The van der Waals surface area contributed by atoms with Gasteiger partial charge in [0.2, 0.25) is 6.42 Å². The molecule has 0 radical (unpaired) electrons. The molecule has 4 rings (SSSR count). The van der Waals surface area contributed by atoms with Crippen molar-refractivity contribution in [2.45, 2.75) is 46.0 Å². The van der Waals surface area contributed by atoms with Gasteiger partial charge in [0.1, 0.15) is 0 Å². The van der Waals surface area contributed by atoms with E-state index in [1.165, 1.54) is 30.3 Å². The highest BCUT2D eigenvalue weighted by molar-refractivity contribution is 8.15. The maximum Gasteiger partial charge on any atom is 0.209 e. The van der Waals surface area contributed by atoms with Crippen molar-refractivity contribution in [3.8, 4) is 0 Å². The smallest absolute Gasteiger partial charge is 0.209 e. The molecule has 1 aromatic rings. The number of hydrazone groups is 1. The van der Waals surface area contributed by atoms with Crippen LogP contribution < -0.4 is 4.78 Å². The molecule has 3 aliphatic rings. The number of para-hydroxylation sites is 1. The van der Waals surface area contributed by atoms with E-state index in [4.69, 9.17) is 21.4 Å². The summed E-state index contributed by atoms with van der Waals surface area (Å²) in [5.41, 5.74) is 3.79. The third kappa shape index (κ3) is 3.04. The molecular formula is C20H28N3OPS. The molecule has 0 N–H and O–H groups in total. The predicted molar refractivity (Wildman–Crippen MR) is 113 cm³/mol. The second-order valence-electron chi connectivity index (χ2n) is 8.24. The van der Waals surface area contributed by atoms with E-state index in [9.17, 15) is 0 Å². The highest BCUT2D eigenvalue weighted by Crippen LogP contribution is 2.67. The summed E-state index contributed by atoms with van der Waals surface area (Å²) >= 11 is 6.21. The molecule has 0 unspecified atom stereocenters. The summed E-state index contributed by atoms with van der Waals surface area (Å²) < 4.78 is 8.09. The lowest BCUT2D eigenvalue weighted by Crippen LogP contribution is -2.36. The Morgan fingerprint density at radius 2 is 1.77 bits per heavy atom. The Hall–Kier alpha value is -1.16. The summed E-state index contributed by atoms with van der Waals surface area (Å²) in [5.74, 6) is 0. The molecule has 2 aliphatic heterocycles. The Balaban J connectivity index is 1.86. The van der Waals surface area contributed by atoms with Crippen molar-refractivity contribution in [3.05, 3.63) is 41.3 Å². The molecule has 0 aromatic heterocycles. The van der Waals surface area contributed by atoms with Gasteiger partial charge < -0.3 is 9.42 Å². The van der Waals surface area contributed by atoms with E-state index in [0.717, 1.165) is 37.3 Å². The van der Waals surface area contributed by atoms with E-state index < -0.39 is 6.42 Å². The van der Waals surface area contributed by atoms with Crippen LogP contribution in [0.15, 0.2) is 46.4 Å². The van der Waals surface area contributed by atoms with Crippen molar-refractivity contribution in [1.29, 1.82) is 0 Å². The number of anilines is 1. The highest BCUT2D eigenvalue weighted by Gasteiger charge is 2.47. The van der Waals surface area contributed by atoms with Gasteiger partial charge in [0.05, 0.1) is 16.7 Å². The zero-order valence-corrected chi connectivity index (χ0v) is 17.7. The first-order chi connectivity index (χ1) is 12.4. The minimum atomic E-state index is -2.39. The fourth-order valence-corrected chi connectivity index (χ4v) is 7.56. The third-order valence-electron chi connectivity index (χ3n) is 5.56. The molecule has 26 heavy (non-hydrogen) atoms. The maximum absolute atomic E-state index is 6.21. The van der Waals surface area contributed by atoms with Crippen molar-refractivity contribution in [3.63, 3.8) is 0 Å². The van der Waals surface area contributed by atoms with Crippen LogP contribution in [-0.2, 0) is 16.3 Å². The highest BCUT2D eigenvalue weighted by atomic mass is 32.4. The van der Waals surface area contributed by atoms with E-state index in [1.54, 1.807) is 7.11 Å². The normalized spacial score (nSPS) is 28.2. The molecule has 0 spiro atoms. The van der Waals surface area contributed by atoms with Gasteiger partial charge in [-0.05, 0) is 61.5 Å². The predicted octanol–water partition coefficient (Wildman–Crippen LogP) is 5.34. The summed E-state index contributed by atoms with van der Waals surface area (Å²) in [6.45, 7) is 6.95. The van der Waals surface area contributed by atoms with Gasteiger partial charge in [-0.1, -0.05) is 32.0 Å². The number of likely N-dealkylation sites (tertiary alicyclic amines) is 1. The number of allylic oxidation sites excluding steroid dienone is 2. The molecule has 1 fully saturated rings. The van der Waals surface area contributed by atoms with Gasteiger partial charge in [-0.2, -0.15) is 5.10 Å². The van der Waals surface area contributed by atoms with E-state index in [2.05, 4.69) is 30.9 Å². The molecule has 2 heterocycles. The average Bonchev–Trinajstić information content (AvgIpc) is 2.94. The Morgan fingerprint density at radius 1 is 1.08 bits per heavy atom. The Bertz CT molecular complexity index is 797. The Labute approximate surface area is 162 Å². The summed E-state index contributed by atoms with van der Waals surface area (Å²) in [6, 6.07) is 10.3. The SMILES string of the molecule is CO[P@@]1(=S)C2=C(N3CCCCC3)CC(C)(C)CC2=NN1c1ccccc1. The van der Waals surface area contributed by atoms with Crippen LogP contribution in [0.2, 0.25) is 0 Å². The fraction of sp³-hybridized carbons (Fsp3) is 0.550. The van der Waals surface area contributed by atoms with Gasteiger partial charge in [0.15, 0.2) is 0 Å². The molecule has 6 heteroatoms. The monoisotopic (exact) mass is 389 g/mol. The molecular weight excluding hydrogens is 361 g/mol. The largest absolute Gasteiger partial charge is 0.374 e. The molecule has 1 aliphatic carbocycles. The van der Waals surface area contributed by atoms with Crippen molar-refractivity contribution in [2.24, 2.45) is 10.5 Å². The summed E-state index contributed by atoms with van der Waals surface area (Å²) in [6.07, 6.45) is 3.49. The van der Waals surface area contributed by atoms with Crippen LogP contribution in [0.5, 0.6) is 0 Å². The zero-order chi connectivity index (χ0) is 18.4. The van der Waals surface area contributed by atoms with E-state index >= 15 is 0 Å². The lowest BCUT2D eigenvalue weighted by atomic mass is 9.78. The number of hydrogen-bond acceptors (Lipinski definition) is 4. The van der Waals surface area contributed by atoms with Crippen LogP contribution in [0.25, 0.3) is 0 Å². The molecule has 1 atom stereocenters.